The maximum atomic E-state index is 13.2. The number of carbonyl (C=O) groups excluding carboxylic acids is 6. The molecule has 0 amide bonds. The van der Waals surface area contributed by atoms with Gasteiger partial charge in [-0.2, -0.15) is 0 Å². The normalized spacial score (nSPS) is 46.1. The van der Waals surface area contributed by atoms with Crippen LogP contribution in [0.5, 0.6) is 0 Å². The minimum atomic E-state index is -1.69. The van der Waals surface area contributed by atoms with E-state index in [0.717, 1.165) is 6.92 Å². The van der Waals surface area contributed by atoms with Crippen LogP contribution < -0.4 is 0 Å². The van der Waals surface area contributed by atoms with Crippen LogP contribution in [0.4, 0.5) is 0 Å². The first-order valence-electron chi connectivity index (χ1n) is 14.4. The van der Waals surface area contributed by atoms with Gasteiger partial charge in [0.05, 0.1) is 5.41 Å². The predicted molar refractivity (Wildman–Crippen MR) is 143 cm³/mol. The summed E-state index contributed by atoms with van der Waals surface area (Å²) < 4.78 is 47.7. The third kappa shape index (κ3) is 4.59. The molecule has 2 aliphatic carbocycles. The lowest BCUT2D eigenvalue weighted by Gasteiger charge is -2.56. The van der Waals surface area contributed by atoms with E-state index in [2.05, 4.69) is 0 Å². The lowest BCUT2D eigenvalue weighted by molar-refractivity contribution is -0.244. The molecule has 44 heavy (non-hydrogen) atoms. The minimum absolute atomic E-state index is 0.00899. The Morgan fingerprint density at radius 3 is 1.82 bits per heavy atom. The van der Waals surface area contributed by atoms with Crippen LogP contribution in [-0.4, -0.2) is 95.3 Å². The van der Waals surface area contributed by atoms with Gasteiger partial charge in [0, 0.05) is 47.0 Å². The van der Waals surface area contributed by atoms with Gasteiger partial charge in [-0.05, 0) is 26.8 Å². The van der Waals surface area contributed by atoms with Crippen molar-refractivity contribution in [1.29, 1.82) is 0 Å². The molecule has 0 bridgehead atoms. The second kappa shape index (κ2) is 10.3. The first-order chi connectivity index (χ1) is 20.3. The van der Waals surface area contributed by atoms with Crippen molar-refractivity contribution in [3.8, 4) is 0 Å². The summed E-state index contributed by atoms with van der Waals surface area (Å²) in [6.45, 7) is 12.4. The Hall–Kier alpha value is -3.52. The van der Waals surface area contributed by atoms with Crippen LogP contribution in [0, 0.1) is 11.3 Å². The summed E-state index contributed by atoms with van der Waals surface area (Å²) in [5.74, 6) is -5.41. The number of hydrogen-bond donors (Lipinski definition) is 0. The third-order valence-corrected chi connectivity index (χ3v) is 9.64. The van der Waals surface area contributed by atoms with Crippen molar-refractivity contribution in [2.45, 2.75) is 128 Å². The fourth-order valence-corrected chi connectivity index (χ4v) is 8.08. The quantitative estimate of drug-likeness (QED) is 0.185. The van der Waals surface area contributed by atoms with E-state index in [1.165, 1.54) is 34.6 Å². The van der Waals surface area contributed by atoms with Gasteiger partial charge in [0.1, 0.15) is 30.0 Å². The fraction of sp³-hybridized carbons (Fsp3) is 0.733. The van der Waals surface area contributed by atoms with E-state index in [1.54, 1.807) is 26.8 Å². The zero-order valence-corrected chi connectivity index (χ0v) is 26.1. The molecule has 14 heteroatoms. The van der Waals surface area contributed by atoms with Gasteiger partial charge in [-0.25, -0.2) is 4.79 Å². The second-order valence-corrected chi connectivity index (χ2v) is 12.8. The molecule has 5 aliphatic rings. The van der Waals surface area contributed by atoms with Crippen molar-refractivity contribution in [1.82, 2.24) is 0 Å². The summed E-state index contributed by atoms with van der Waals surface area (Å²) in [4.78, 5) is 76.4. The van der Waals surface area contributed by atoms with Crippen LogP contribution in [0.15, 0.2) is 11.6 Å². The molecule has 14 nitrogen and oxygen atoms in total. The molecule has 0 aromatic carbocycles. The number of rotatable bonds is 5. The number of epoxide rings is 2. The number of hydrogen-bond acceptors (Lipinski definition) is 14. The average molecular weight is 623 g/mol. The zero-order valence-electron chi connectivity index (χ0n) is 26.1. The summed E-state index contributed by atoms with van der Waals surface area (Å²) >= 11 is 0. The molecular formula is C30H38O14. The number of fused-ring (bicyclic) bond motifs is 3. The topological polar surface area (TPSA) is 183 Å². The summed E-state index contributed by atoms with van der Waals surface area (Å²) in [7, 11) is 0. The summed E-state index contributed by atoms with van der Waals surface area (Å²) in [5.41, 5.74) is -5.51. The van der Waals surface area contributed by atoms with Gasteiger partial charge in [-0.3, -0.25) is 24.0 Å². The number of esters is 6. The zero-order chi connectivity index (χ0) is 32.7. The molecule has 0 N–H and O–H groups in total. The van der Waals surface area contributed by atoms with Gasteiger partial charge in [0.25, 0.3) is 0 Å². The van der Waals surface area contributed by atoms with Crippen LogP contribution >= 0.6 is 0 Å². The highest BCUT2D eigenvalue weighted by atomic mass is 16.7. The molecule has 0 aromatic heterocycles. The molecular weight excluding hydrogens is 584 g/mol. The SMILES string of the molecule is CC(=O)OC1[C@@H](OC(C)=O)[C@@]2(C)[C@@H](OC(C)=O)[C@H](OC(C)=O)C/C(C)=C\[C@@H]3OC(=O)[C@]4(C)O[C@]34C(OC(C)=O)[C@H]2[C@@]2(C)O[C@@H]12. The Morgan fingerprint density at radius 1 is 0.773 bits per heavy atom. The van der Waals surface area contributed by atoms with E-state index in [4.69, 9.17) is 37.9 Å². The highest BCUT2D eigenvalue weighted by Crippen LogP contribution is 2.70. The minimum Gasteiger partial charge on any atom is -0.459 e. The average Bonchev–Trinajstić information content (AvgIpc) is 3.72. The Balaban J connectivity index is 1.86. The summed E-state index contributed by atoms with van der Waals surface area (Å²) in [5, 5.41) is 0. The van der Waals surface area contributed by atoms with E-state index in [1.807, 2.05) is 0 Å². The Labute approximate surface area is 253 Å². The molecule has 5 rings (SSSR count). The fourth-order valence-electron chi connectivity index (χ4n) is 8.08. The molecule has 4 fully saturated rings. The third-order valence-electron chi connectivity index (χ3n) is 9.64. The predicted octanol–water partition coefficient (Wildman–Crippen LogP) is 1.24. The summed E-state index contributed by atoms with van der Waals surface area (Å²) in [6, 6.07) is 0. The molecule has 3 aliphatic heterocycles. The molecule has 12 atom stereocenters. The molecule has 1 saturated carbocycles. The number of ether oxygens (including phenoxy) is 8. The highest BCUT2D eigenvalue weighted by Gasteiger charge is 2.90. The van der Waals surface area contributed by atoms with Crippen molar-refractivity contribution >= 4 is 35.8 Å². The van der Waals surface area contributed by atoms with Gasteiger partial charge >= 0.3 is 35.8 Å². The van der Waals surface area contributed by atoms with Crippen LogP contribution in [0.3, 0.4) is 0 Å². The molecule has 242 valence electrons. The maximum Gasteiger partial charge on any atom is 0.342 e. The standard InChI is InChI=1S/C30H38O14/c1-12-10-18(37-13(2)31)22(39-15(4)33)27(7)21(28(8)24(43-28)20(38-14(3)32)23(27)40-16(5)34)25(41-17(6)35)30-19(11-12)42-26(36)29(30,9)44-30/h11,18-25H,10H2,1-9H3/b12-11-/t18-,19+,20?,21-,22+,23-,24+,25?,27-,28-,29+,30+/m1/s1. The van der Waals surface area contributed by atoms with Crippen LogP contribution in [0.25, 0.3) is 0 Å². The first-order valence-corrected chi connectivity index (χ1v) is 14.4. The Kier molecular flexibility index (Phi) is 7.44. The van der Waals surface area contributed by atoms with Crippen molar-refractivity contribution < 1.29 is 66.7 Å². The van der Waals surface area contributed by atoms with Gasteiger partial charge in [0.2, 0.25) is 0 Å². The van der Waals surface area contributed by atoms with Gasteiger partial charge < -0.3 is 37.9 Å². The lowest BCUT2D eigenvalue weighted by atomic mass is 9.52. The van der Waals surface area contributed by atoms with E-state index >= 15 is 0 Å². The van der Waals surface area contributed by atoms with Crippen molar-refractivity contribution in [3.63, 3.8) is 0 Å². The van der Waals surface area contributed by atoms with Crippen molar-refractivity contribution in [3.05, 3.63) is 11.6 Å². The maximum absolute atomic E-state index is 13.2. The molecule has 3 saturated heterocycles. The van der Waals surface area contributed by atoms with Crippen LogP contribution in [0.2, 0.25) is 0 Å². The smallest absolute Gasteiger partial charge is 0.342 e. The van der Waals surface area contributed by atoms with Crippen LogP contribution in [-0.2, 0) is 66.7 Å². The second-order valence-electron chi connectivity index (χ2n) is 12.8. The molecule has 3 heterocycles. The molecule has 0 radical (unpaired) electrons. The Morgan fingerprint density at radius 2 is 1.30 bits per heavy atom. The van der Waals surface area contributed by atoms with Gasteiger partial charge in [-0.1, -0.05) is 12.5 Å². The van der Waals surface area contributed by atoms with Crippen LogP contribution in [0.1, 0.15) is 68.7 Å². The molecule has 0 aromatic rings. The van der Waals surface area contributed by atoms with E-state index < -0.39 is 107 Å². The van der Waals surface area contributed by atoms with E-state index in [9.17, 15) is 28.8 Å². The molecule has 1 spiro atoms. The number of carbonyl (C=O) groups is 6. The van der Waals surface area contributed by atoms with Gasteiger partial charge in [-0.15, -0.1) is 0 Å². The summed E-state index contributed by atoms with van der Waals surface area (Å²) in [6.07, 6.45) is -6.82. The van der Waals surface area contributed by atoms with E-state index in [0.29, 0.717) is 5.57 Å². The van der Waals surface area contributed by atoms with Crippen molar-refractivity contribution in [2.75, 3.05) is 0 Å². The van der Waals surface area contributed by atoms with Gasteiger partial charge in [0.15, 0.2) is 29.5 Å². The highest BCUT2D eigenvalue weighted by molar-refractivity contribution is 5.89. The van der Waals surface area contributed by atoms with Crippen molar-refractivity contribution in [2.24, 2.45) is 11.3 Å². The molecule has 2 unspecified atom stereocenters. The lowest BCUT2D eigenvalue weighted by Crippen LogP contribution is -2.71. The Bertz CT molecular complexity index is 1350. The monoisotopic (exact) mass is 622 g/mol. The van der Waals surface area contributed by atoms with E-state index in [-0.39, 0.29) is 6.42 Å². The largest absolute Gasteiger partial charge is 0.459 e. The first kappa shape index (κ1) is 31.9.